The average Bonchev–Trinajstić information content (AvgIpc) is 3.18. The normalized spacial score (nSPS) is 22.7. The van der Waals surface area contributed by atoms with Gasteiger partial charge in [-0.2, -0.15) is 0 Å². The first-order valence-corrected chi connectivity index (χ1v) is 10.5. The van der Waals surface area contributed by atoms with E-state index in [1.165, 1.54) is 29.7 Å². The monoisotopic (exact) mass is 371 g/mol. The third-order valence-electron chi connectivity index (χ3n) is 5.55. The lowest BCUT2D eigenvalue weighted by molar-refractivity contribution is 0.211. The molecule has 1 aliphatic heterocycles. The van der Waals surface area contributed by atoms with Gasteiger partial charge in [-0.1, -0.05) is 80.4 Å². The van der Waals surface area contributed by atoms with Crippen molar-refractivity contribution in [3.63, 3.8) is 0 Å². The predicted octanol–water partition coefficient (Wildman–Crippen LogP) is 5.44. The lowest BCUT2D eigenvalue weighted by Crippen LogP contribution is -2.42. The molecule has 3 heteroatoms. The highest BCUT2D eigenvalue weighted by Gasteiger charge is 2.35. The highest BCUT2D eigenvalue weighted by atomic mass is 15.4. The Kier molecular flexibility index (Phi) is 6.11. The van der Waals surface area contributed by atoms with E-state index in [1.807, 2.05) is 6.07 Å². The molecular formula is C25H29N3. The Bertz CT molecular complexity index is 797. The second-order valence-corrected chi connectivity index (χ2v) is 7.65. The van der Waals surface area contributed by atoms with Gasteiger partial charge in [-0.3, -0.25) is 4.99 Å². The molecule has 1 heterocycles. The molecule has 2 aromatic rings. The summed E-state index contributed by atoms with van der Waals surface area (Å²) in [5.74, 6) is 0. The Morgan fingerprint density at radius 1 is 1.00 bits per heavy atom. The molecule has 0 amide bonds. The molecular weight excluding hydrogens is 342 g/mol. The summed E-state index contributed by atoms with van der Waals surface area (Å²) in [6.45, 7) is 6.85. The van der Waals surface area contributed by atoms with Crippen molar-refractivity contribution in [3.8, 4) is 0 Å². The van der Waals surface area contributed by atoms with Crippen LogP contribution in [0.5, 0.6) is 0 Å². The van der Waals surface area contributed by atoms with Gasteiger partial charge in [0.2, 0.25) is 6.67 Å². The third-order valence-corrected chi connectivity index (χ3v) is 5.55. The standard InChI is InChI=1S/C25H29N3/c1-2-17-27-19-25(22-13-7-4-8-14-22)28(20-27)24-16-10-9-15-23(24)26-18-21-11-5-3-6-12-21/h3-8,11-14,18-19,23-24H,2,9-10,15-17H2,1H3/t23-,24-/m1/s1. The maximum Gasteiger partial charge on any atom is 0.208 e. The van der Waals surface area contributed by atoms with Gasteiger partial charge in [0.1, 0.15) is 0 Å². The summed E-state index contributed by atoms with van der Waals surface area (Å²) >= 11 is 0. The van der Waals surface area contributed by atoms with Crippen molar-refractivity contribution in [2.24, 2.45) is 4.99 Å². The van der Waals surface area contributed by atoms with Crippen LogP contribution in [0.15, 0.2) is 71.9 Å². The van der Waals surface area contributed by atoms with Gasteiger partial charge in [0.15, 0.2) is 0 Å². The van der Waals surface area contributed by atoms with E-state index in [1.54, 1.807) is 0 Å². The Morgan fingerprint density at radius 3 is 2.46 bits per heavy atom. The van der Waals surface area contributed by atoms with Gasteiger partial charge >= 0.3 is 0 Å². The van der Waals surface area contributed by atoms with Crippen LogP contribution in [0.4, 0.5) is 0 Å². The molecule has 2 aliphatic rings. The van der Waals surface area contributed by atoms with E-state index >= 15 is 0 Å². The molecule has 0 N–H and O–H groups in total. The van der Waals surface area contributed by atoms with E-state index in [2.05, 4.69) is 90.4 Å². The lowest BCUT2D eigenvalue weighted by Gasteiger charge is -2.38. The van der Waals surface area contributed by atoms with Crippen molar-refractivity contribution in [1.29, 1.82) is 0 Å². The van der Waals surface area contributed by atoms with Crippen LogP contribution in [0, 0.1) is 6.67 Å². The number of nitrogens with zero attached hydrogens (tertiary/aromatic N) is 3. The summed E-state index contributed by atoms with van der Waals surface area (Å²) in [5.41, 5.74) is 3.68. The van der Waals surface area contributed by atoms with Crippen molar-refractivity contribution in [3.05, 3.63) is 84.7 Å². The maximum atomic E-state index is 5.03. The van der Waals surface area contributed by atoms with E-state index in [0.717, 1.165) is 25.8 Å². The first-order valence-electron chi connectivity index (χ1n) is 10.5. The molecule has 4 rings (SSSR count). The van der Waals surface area contributed by atoms with Crippen molar-refractivity contribution in [2.75, 3.05) is 6.54 Å². The van der Waals surface area contributed by atoms with Gasteiger partial charge in [0.05, 0.1) is 17.8 Å². The van der Waals surface area contributed by atoms with Crippen molar-refractivity contribution < 1.29 is 0 Å². The van der Waals surface area contributed by atoms with Crippen molar-refractivity contribution >= 4 is 11.9 Å². The Labute approximate surface area is 169 Å². The molecule has 3 nitrogen and oxygen atoms in total. The van der Waals surface area contributed by atoms with Crippen molar-refractivity contribution in [1.82, 2.24) is 9.80 Å². The van der Waals surface area contributed by atoms with Crippen LogP contribution in [0.1, 0.15) is 50.2 Å². The molecule has 2 aromatic carbocycles. The summed E-state index contributed by atoms with van der Waals surface area (Å²) in [6, 6.07) is 21.8. The minimum atomic E-state index is 0.301. The van der Waals surface area contributed by atoms with Gasteiger partial charge in [0.25, 0.3) is 0 Å². The van der Waals surface area contributed by atoms with E-state index in [4.69, 9.17) is 4.99 Å². The fourth-order valence-corrected chi connectivity index (χ4v) is 4.15. The topological polar surface area (TPSA) is 18.8 Å². The Hall–Kier alpha value is -2.55. The summed E-state index contributed by atoms with van der Waals surface area (Å²) < 4.78 is 0. The van der Waals surface area contributed by atoms with Crippen LogP contribution in [0.2, 0.25) is 0 Å². The number of hydrogen-bond donors (Lipinski definition) is 0. The van der Waals surface area contributed by atoms with Gasteiger partial charge < -0.3 is 9.80 Å². The molecule has 144 valence electrons. The largest absolute Gasteiger partial charge is 0.346 e. The highest BCUT2D eigenvalue weighted by Crippen LogP contribution is 2.36. The fraction of sp³-hybridized carbons (Fsp3) is 0.360. The molecule has 0 saturated heterocycles. The third kappa shape index (κ3) is 4.30. The average molecular weight is 372 g/mol. The number of benzene rings is 2. The molecule has 1 aliphatic carbocycles. The Morgan fingerprint density at radius 2 is 1.71 bits per heavy atom. The molecule has 0 unspecified atom stereocenters. The van der Waals surface area contributed by atoms with E-state index in [9.17, 15) is 0 Å². The molecule has 2 atom stereocenters. The second-order valence-electron chi connectivity index (χ2n) is 7.65. The van der Waals surface area contributed by atoms with Crippen LogP contribution in [-0.4, -0.2) is 34.6 Å². The zero-order valence-electron chi connectivity index (χ0n) is 16.7. The van der Waals surface area contributed by atoms with Gasteiger partial charge in [-0.15, -0.1) is 0 Å². The van der Waals surface area contributed by atoms with E-state index in [0.29, 0.717) is 12.1 Å². The molecule has 0 spiro atoms. The SMILES string of the molecule is CCCN1[C]N([C@@H]2CCCC[C@H]2N=Cc2ccccc2)C(c2ccccc2)=C1. The number of hydrogen-bond acceptors (Lipinski definition) is 3. The van der Waals surface area contributed by atoms with Crippen LogP contribution in [0.3, 0.4) is 0 Å². The first-order chi connectivity index (χ1) is 13.8. The van der Waals surface area contributed by atoms with Gasteiger partial charge in [-0.25, -0.2) is 0 Å². The minimum Gasteiger partial charge on any atom is -0.346 e. The zero-order valence-corrected chi connectivity index (χ0v) is 16.7. The number of aliphatic imine (C=N–C) groups is 1. The van der Waals surface area contributed by atoms with Gasteiger partial charge in [0, 0.05) is 19.0 Å². The predicted molar refractivity (Wildman–Crippen MR) is 117 cm³/mol. The second kappa shape index (κ2) is 9.09. The minimum absolute atomic E-state index is 0.301. The van der Waals surface area contributed by atoms with Crippen LogP contribution in [0.25, 0.3) is 5.70 Å². The molecule has 0 aromatic heterocycles. The first kappa shape index (κ1) is 18.8. The van der Waals surface area contributed by atoms with Crippen LogP contribution < -0.4 is 0 Å². The fourth-order valence-electron chi connectivity index (χ4n) is 4.15. The quantitative estimate of drug-likeness (QED) is 0.630. The van der Waals surface area contributed by atoms with Gasteiger partial charge in [-0.05, 0) is 30.4 Å². The highest BCUT2D eigenvalue weighted by molar-refractivity contribution is 5.79. The molecule has 1 saturated carbocycles. The molecule has 2 radical (unpaired) electrons. The molecule has 1 fully saturated rings. The zero-order chi connectivity index (χ0) is 19.2. The molecule has 28 heavy (non-hydrogen) atoms. The van der Waals surface area contributed by atoms with E-state index < -0.39 is 0 Å². The van der Waals surface area contributed by atoms with E-state index in [-0.39, 0.29) is 0 Å². The maximum absolute atomic E-state index is 5.03. The van der Waals surface area contributed by atoms with Crippen LogP contribution >= 0.6 is 0 Å². The van der Waals surface area contributed by atoms with Crippen molar-refractivity contribution in [2.45, 2.75) is 51.1 Å². The molecule has 0 bridgehead atoms. The lowest BCUT2D eigenvalue weighted by atomic mass is 9.89. The number of rotatable bonds is 6. The summed E-state index contributed by atoms with van der Waals surface area (Å²) in [6.07, 6.45) is 10.2. The summed E-state index contributed by atoms with van der Waals surface area (Å²) in [5, 5.41) is 0. The smallest absolute Gasteiger partial charge is 0.208 e. The summed E-state index contributed by atoms with van der Waals surface area (Å²) in [4.78, 5) is 9.62. The Balaban J connectivity index is 1.58. The summed E-state index contributed by atoms with van der Waals surface area (Å²) in [7, 11) is 0. The van der Waals surface area contributed by atoms with Crippen LogP contribution in [-0.2, 0) is 0 Å².